The normalized spacial score (nSPS) is 24.4. The number of alkyl halides is 1. The Hall–Kier alpha value is -0.680. The molecule has 1 saturated heterocycles. The van der Waals surface area contributed by atoms with Crippen molar-refractivity contribution in [2.45, 2.75) is 25.6 Å². The molecule has 2 heterocycles. The van der Waals surface area contributed by atoms with Crippen molar-refractivity contribution < 1.29 is 4.74 Å². The van der Waals surface area contributed by atoms with Gasteiger partial charge in [0.05, 0.1) is 17.9 Å². The maximum atomic E-state index is 5.94. The molecule has 1 aromatic rings. The van der Waals surface area contributed by atoms with Gasteiger partial charge in [-0.1, -0.05) is 15.9 Å². The van der Waals surface area contributed by atoms with Crippen LogP contribution in [0.15, 0.2) is 18.6 Å². The van der Waals surface area contributed by atoms with Gasteiger partial charge < -0.3 is 9.64 Å². The minimum atomic E-state index is -0.145. The number of rotatable bonds is 2. The number of anilines is 1. The summed E-state index contributed by atoms with van der Waals surface area (Å²) in [5.41, 5.74) is -0.145. The first kappa shape index (κ1) is 11.8. The van der Waals surface area contributed by atoms with Crippen molar-refractivity contribution >= 4 is 21.7 Å². The Morgan fingerprint density at radius 2 is 2.38 bits per heavy atom. The Labute approximate surface area is 104 Å². The largest absolute Gasteiger partial charge is 0.368 e. The number of halogens is 1. The molecule has 0 saturated carbocycles. The van der Waals surface area contributed by atoms with Crippen LogP contribution in [-0.4, -0.2) is 40.1 Å². The average Bonchev–Trinajstić information content (AvgIpc) is 2.28. The summed E-state index contributed by atoms with van der Waals surface area (Å²) < 4.78 is 5.94. The summed E-state index contributed by atoms with van der Waals surface area (Å²) in [6, 6.07) is 0. The minimum absolute atomic E-state index is 0.145. The lowest BCUT2D eigenvalue weighted by Crippen LogP contribution is -2.53. The second-order valence-electron chi connectivity index (χ2n) is 4.60. The number of hydrogen-bond acceptors (Lipinski definition) is 4. The van der Waals surface area contributed by atoms with Crippen molar-refractivity contribution in [3.63, 3.8) is 0 Å². The van der Waals surface area contributed by atoms with Gasteiger partial charge in [-0.15, -0.1) is 0 Å². The van der Waals surface area contributed by atoms with Gasteiger partial charge in [-0.2, -0.15) is 0 Å². The standard InChI is InChI=1S/C11H16BrN3O/c1-11(2)8-15(7-9(5-12)16-11)10-6-13-3-4-14-10/h3-4,6,9H,5,7-8H2,1-2H3. The molecule has 88 valence electrons. The molecule has 1 unspecified atom stereocenters. The Balaban J connectivity index is 2.16. The molecule has 0 bridgehead atoms. The van der Waals surface area contributed by atoms with Gasteiger partial charge in [0.25, 0.3) is 0 Å². The molecule has 0 spiro atoms. The van der Waals surface area contributed by atoms with Crippen LogP contribution in [0.3, 0.4) is 0 Å². The van der Waals surface area contributed by atoms with E-state index in [0.717, 1.165) is 24.2 Å². The van der Waals surface area contributed by atoms with Gasteiger partial charge in [0.2, 0.25) is 0 Å². The molecule has 1 atom stereocenters. The lowest BCUT2D eigenvalue weighted by atomic mass is 10.1. The van der Waals surface area contributed by atoms with Crippen LogP contribution < -0.4 is 4.90 Å². The third kappa shape index (κ3) is 2.71. The summed E-state index contributed by atoms with van der Waals surface area (Å²) >= 11 is 3.47. The fourth-order valence-electron chi connectivity index (χ4n) is 2.01. The number of morpholine rings is 1. The zero-order valence-corrected chi connectivity index (χ0v) is 11.1. The quantitative estimate of drug-likeness (QED) is 0.778. The van der Waals surface area contributed by atoms with Crippen LogP contribution in [0.5, 0.6) is 0 Å². The Kier molecular flexibility index (Phi) is 3.44. The van der Waals surface area contributed by atoms with Crippen LogP contribution in [0.4, 0.5) is 5.82 Å². The van der Waals surface area contributed by atoms with Crippen LogP contribution in [0.2, 0.25) is 0 Å². The zero-order chi connectivity index (χ0) is 11.6. The van der Waals surface area contributed by atoms with Gasteiger partial charge in [-0.05, 0) is 13.8 Å². The van der Waals surface area contributed by atoms with E-state index in [0.29, 0.717) is 0 Å². The van der Waals surface area contributed by atoms with Gasteiger partial charge >= 0.3 is 0 Å². The maximum absolute atomic E-state index is 5.94. The third-order valence-electron chi connectivity index (χ3n) is 2.53. The Morgan fingerprint density at radius 1 is 1.56 bits per heavy atom. The highest BCUT2D eigenvalue weighted by Gasteiger charge is 2.33. The topological polar surface area (TPSA) is 38.2 Å². The van der Waals surface area contributed by atoms with E-state index in [1.165, 1.54) is 0 Å². The first-order valence-corrected chi connectivity index (χ1v) is 6.47. The number of nitrogens with zero attached hydrogens (tertiary/aromatic N) is 3. The smallest absolute Gasteiger partial charge is 0.147 e. The molecule has 1 aliphatic heterocycles. The second-order valence-corrected chi connectivity index (χ2v) is 5.25. The molecule has 1 aromatic heterocycles. The van der Waals surface area contributed by atoms with E-state index in [-0.39, 0.29) is 11.7 Å². The predicted molar refractivity (Wildman–Crippen MR) is 67.0 cm³/mol. The number of aromatic nitrogens is 2. The Morgan fingerprint density at radius 3 is 3.00 bits per heavy atom. The molecule has 0 aliphatic carbocycles. The zero-order valence-electron chi connectivity index (χ0n) is 9.56. The number of hydrogen-bond donors (Lipinski definition) is 0. The van der Waals surface area contributed by atoms with Crippen molar-refractivity contribution in [3.05, 3.63) is 18.6 Å². The second kappa shape index (κ2) is 4.67. The molecule has 1 fully saturated rings. The van der Waals surface area contributed by atoms with Crippen LogP contribution in [0.25, 0.3) is 0 Å². The van der Waals surface area contributed by atoms with Crippen LogP contribution in [-0.2, 0) is 4.74 Å². The van der Waals surface area contributed by atoms with Gasteiger partial charge in [-0.3, -0.25) is 4.98 Å². The Bertz CT molecular complexity index is 344. The van der Waals surface area contributed by atoms with Crippen LogP contribution >= 0.6 is 15.9 Å². The average molecular weight is 286 g/mol. The molecule has 0 amide bonds. The summed E-state index contributed by atoms with van der Waals surface area (Å²) in [6.07, 6.45) is 5.41. The van der Waals surface area contributed by atoms with Gasteiger partial charge in [0.1, 0.15) is 5.82 Å². The molecule has 4 nitrogen and oxygen atoms in total. The first-order valence-electron chi connectivity index (χ1n) is 5.35. The van der Waals surface area contributed by atoms with E-state index >= 15 is 0 Å². The van der Waals surface area contributed by atoms with Gasteiger partial charge in [-0.25, -0.2) is 4.98 Å². The van der Waals surface area contributed by atoms with Crippen molar-refractivity contribution in [2.24, 2.45) is 0 Å². The summed E-state index contributed by atoms with van der Waals surface area (Å²) in [4.78, 5) is 10.7. The molecule has 1 aliphatic rings. The van der Waals surface area contributed by atoms with Crippen molar-refractivity contribution in [2.75, 3.05) is 23.3 Å². The fraction of sp³-hybridized carbons (Fsp3) is 0.636. The molecule has 0 aromatic carbocycles. The molecule has 16 heavy (non-hydrogen) atoms. The third-order valence-corrected chi connectivity index (χ3v) is 3.25. The predicted octanol–water partition coefficient (Wildman–Crippen LogP) is 1.86. The van der Waals surface area contributed by atoms with Gasteiger partial charge in [0, 0.05) is 30.8 Å². The summed E-state index contributed by atoms with van der Waals surface area (Å²) in [5, 5.41) is 0.840. The van der Waals surface area contributed by atoms with E-state index in [2.05, 4.69) is 44.6 Å². The highest BCUT2D eigenvalue weighted by molar-refractivity contribution is 9.09. The first-order chi connectivity index (χ1) is 7.61. The van der Waals surface area contributed by atoms with E-state index in [4.69, 9.17) is 4.74 Å². The van der Waals surface area contributed by atoms with Crippen LogP contribution in [0, 0.1) is 0 Å². The van der Waals surface area contributed by atoms with Crippen molar-refractivity contribution in [1.29, 1.82) is 0 Å². The van der Waals surface area contributed by atoms with Crippen LogP contribution in [0.1, 0.15) is 13.8 Å². The van der Waals surface area contributed by atoms with E-state index < -0.39 is 0 Å². The maximum Gasteiger partial charge on any atom is 0.147 e. The van der Waals surface area contributed by atoms with E-state index in [1.54, 1.807) is 18.6 Å². The van der Waals surface area contributed by atoms with Crippen molar-refractivity contribution in [1.82, 2.24) is 9.97 Å². The molecule has 0 radical (unpaired) electrons. The molecule has 5 heteroatoms. The van der Waals surface area contributed by atoms with E-state index in [9.17, 15) is 0 Å². The monoisotopic (exact) mass is 285 g/mol. The summed E-state index contributed by atoms with van der Waals surface area (Å²) in [7, 11) is 0. The van der Waals surface area contributed by atoms with Gasteiger partial charge in [0.15, 0.2) is 0 Å². The highest BCUT2D eigenvalue weighted by Crippen LogP contribution is 2.24. The highest BCUT2D eigenvalue weighted by atomic mass is 79.9. The molecular weight excluding hydrogens is 270 g/mol. The summed E-state index contributed by atoms with van der Waals surface area (Å²) in [6.45, 7) is 5.90. The van der Waals surface area contributed by atoms with E-state index in [1.807, 2.05) is 0 Å². The minimum Gasteiger partial charge on any atom is -0.368 e. The molecule has 2 rings (SSSR count). The molecular formula is C11H16BrN3O. The lowest BCUT2D eigenvalue weighted by molar-refractivity contribution is -0.0726. The summed E-state index contributed by atoms with van der Waals surface area (Å²) in [5.74, 6) is 0.921. The number of ether oxygens (including phenoxy) is 1. The fourth-order valence-corrected chi connectivity index (χ4v) is 2.34. The molecule has 0 N–H and O–H groups in total. The van der Waals surface area contributed by atoms with Crippen molar-refractivity contribution in [3.8, 4) is 0 Å². The SMILES string of the molecule is CC1(C)CN(c2cnccn2)CC(CBr)O1. The lowest BCUT2D eigenvalue weighted by Gasteiger charge is -2.42.